The maximum atomic E-state index is 10.8. The molecule has 0 aliphatic carbocycles. The predicted molar refractivity (Wildman–Crippen MR) is 69.5 cm³/mol. The first kappa shape index (κ1) is 13.2. The lowest BCUT2D eigenvalue weighted by Gasteiger charge is -1.95. The van der Waals surface area contributed by atoms with E-state index in [1.54, 1.807) is 24.3 Å². The topological polar surface area (TPSA) is 55.1 Å². The zero-order valence-electron chi connectivity index (χ0n) is 9.14. The number of hydrazine groups is 1. The van der Waals surface area contributed by atoms with Crippen molar-refractivity contribution in [1.29, 1.82) is 0 Å². The second-order valence-electron chi connectivity index (χ2n) is 3.14. The van der Waals surface area contributed by atoms with Gasteiger partial charge < -0.3 is 0 Å². The van der Waals surface area contributed by atoms with Crippen LogP contribution >= 0.6 is 11.6 Å². The van der Waals surface area contributed by atoms with Gasteiger partial charge in [0.15, 0.2) is 0 Å². The Bertz CT molecular complexity index is 445. The quantitative estimate of drug-likeness (QED) is 0.463. The minimum Gasteiger partial charge on any atom is -0.290 e. The summed E-state index contributed by atoms with van der Waals surface area (Å²) in [6, 6.07) is 18.2. The van der Waals surface area contributed by atoms with Crippen molar-refractivity contribution in [2.75, 3.05) is 0 Å². The van der Waals surface area contributed by atoms with Gasteiger partial charge >= 0.3 is 0 Å². The highest BCUT2D eigenvalue weighted by atomic mass is 35.5. The third kappa shape index (κ3) is 5.15. The summed E-state index contributed by atoms with van der Waals surface area (Å²) in [6.07, 6.45) is 0. The average Bonchev–Trinajstić information content (AvgIpc) is 2.40. The van der Waals surface area contributed by atoms with E-state index in [-0.39, 0.29) is 5.91 Å². The van der Waals surface area contributed by atoms with E-state index in [2.05, 4.69) is 0 Å². The summed E-state index contributed by atoms with van der Waals surface area (Å²) in [4.78, 5) is 10.8. The van der Waals surface area contributed by atoms with Gasteiger partial charge in [-0.25, -0.2) is 5.84 Å². The maximum Gasteiger partial charge on any atom is 0.265 e. The molecule has 17 heavy (non-hydrogen) atoms. The standard InChI is InChI=1S/C7H8N2O.C6H5Cl/c8-9-7(10)6-4-2-1-3-5-6;7-6-4-2-1-3-5-6/h1-5H,8H2,(H,9,10);1-5H. The van der Waals surface area contributed by atoms with Crippen LogP contribution in [0.5, 0.6) is 0 Å². The molecule has 0 spiro atoms. The smallest absolute Gasteiger partial charge is 0.265 e. The molecule has 0 radical (unpaired) electrons. The van der Waals surface area contributed by atoms with Crippen LogP contribution in [0, 0.1) is 0 Å². The first-order valence-corrected chi connectivity index (χ1v) is 5.38. The zero-order valence-corrected chi connectivity index (χ0v) is 9.89. The third-order valence-corrected chi connectivity index (χ3v) is 2.15. The zero-order chi connectivity index (χ0) is 12.5. The molecule has 0 bridgehead atoms. The van der Waals surface area contributed by atoms with Crippen LogP contribution < -0.4 is 11.3 Å². The Morgan fingerprint density at radius 2 is 1.41 bits per heavy atom. The Labute approximate surface area is 105 Å². The Morgan fingerprint density at radius 1 is 0.941 bits per heavy atom. The van der Waals surface area contributed by atoms with Crippen molar-refractivity contribution in [3.8, 4) is 0 Å². The van der Waals surface area contributed by atoms with E-state index in [0.717, 1.165) is 5.02 Å². The molecule has 4 heteroatoms. The molecule has 0 aliphatic rings. The van der Waals surface area contributed by atoms with Crippen LogP contribution in [-0.2, 0) is 0 Å². The Morgan fingerprint density at radius 3 is 1.76 bits per heavy atom. The van der Waals surface area contributed by atoms with Crippen molar-refractivity contribution in [3.05, 3.63) is 71.2 Å². The van der Waals surface area contributed by atoms with Crippen LogP contribution in [0.3, 0.4) is 0 Å². The van der Waals surface area contributed by atoms with Gasteiger partial charge in [0, 0.05) is 10.6 Å². The van der Waals surface area contributed by atoms with Crippen molar-refractivity contribution in [2.24, 2.45) is 5.84 Å². The van der Waals surface area contributed by atoms with Crippen LogP contribution in [0.15, 0.2) is 60.7 Å². The minimum absolute atomic E-state index is 0.263. The Balaban J connectivity index is 0.000000181. The number of carbonyl (C=O) groups excluding carboxylic acids is 1. The van der Waals surface area contributed by atoms with E-state index >= 15 is 0 Å². The molecule has 88 valence electrons. The monoisotopic (exact) mass is 248 g/mol. The van der Waals surface area contributed by atoms with Gasteiger partial charge in [-0.1, -0.05) is 48.0 Å². The highest BCUT2D eigenvalue weighted by Crippen LogP contribution is 2.03. The second kappa shape index (κ2) is 7.44. The van der Waals surface area contributed by atoms with Crippen LogP contribution in [0.25, 0.3) is 0 Å². The third-order valence-electron chi connectivity index (χ3n) is 1.90. The van der Waals surface area contributed by atoms with Gasteiger partial charge in [0.2, 0.25) is 0 Å². The molecule has 0 unspecified atom stereocenters. The number of hydrogen-bond acceptors (Lipinski definition) is 2. The normalized spacial score (nSPS) is 8.82. The fourth-order valence-electron chi connectivity index (χ4n) is 1.09. The number of nitrogens with one attached hydrogen (secondary N) is 1. The van der Waals surface area contributed by atoms with Crippen LogP contribution in [0.2, 0.25) is 5.02 Å². The number of carbonyl (C=O) groups is 1. The summed E-state index contributed by atoms with van der Waals surface area (Å²) in [6.45, 7) is 0. The van der Waals surface area contributed by atoms with Crippen molar-refractivity contribution >= 4 is 17.5 Å². The lowest BCUT2D eigenvalue weighted by Crippen LogP contribution is -2.29. The van der Waals surface area contributed by atoms with Crippen LogP contribution in [0.4, 0.5) is 0 Å². The fourth-order valence-corrected chi connectivity index (χ4v) is 1.23. The molecule has 0 saturated carbocycles. The molecule has 3 nitrogen and oxygen atoms in total. The molecule has 0 aliphatic heterocycles. The van der Waals surface area contributed by atoms with Crippen molar-refractivity contribution in [1.82, 2.24) is 5.43 Å². The number of nitrogens with two attached hydrogens (primary N) is 1. The molecule has 1 amide bonds. The number of benzene rings is 2. The number of amides is 1. The lowest BCUT2D eigenvalue weighted by atomic mass is 10.2. The second-order valence-corrected chi connectivity index (χ2v) is 3.57. The van der Waals surface area contributed by atoms with Crippen molar-refractivity contribution < 1.29 is 4.79 Å². The number of hydrogen-bond donors (Lipinski definition) is 2. The van der Waals surface area contributed by atoms with E-state index in [9.17, 15) is 4.79 Å². The molecule has 0 saturated heterocycles. The largest absolute Gasteiger partial charge is 0.290 e. The Kier molecular flexibility index (Phi) is 5.79. The summed E-state index contributed by atoms with van der Waals surface area (Å²) in [5.74, 6) is 4.64. The van der Waals surface area contributed by atoms with Gasteiger partial charge in [-0.3, -0.25) is 10.2 Å². The molecular formula is C13H13ClN2O. The Hall–Kier alpha value is -1.84. The highest BCUT2D eigenvalue weighted by molar-refractivity contribution is 6.30. The van der Waals surface area contributed by atoms with Gasteiger partial charge in [0.25, 0.3) is 5.91 Å². The minimum atomic E-state index is -0.263. The molecule has 3 N–H and O–H groups in total. The maximum absolute atomic E-state index is 10.8. The molecule has 2 aromatic carbocycles. The highest BCUT2D eigenvalue weighted by Gasteiger charge is 1.98. The predicted octanol–water partition coefficient (Wildman–Crippen LogP) is 2.63. The molecule has 2 rings (SSSR count). The SMILES string of the molecule is Clc1ccccc1.NNC(=O)c1ccccc1. The average molecular weight is 249 g/mol. The molecule has 2 aromatic rings. The summed E-state index contributed by atoms with van der Waals surface area (Å²) in [7, 11) is 0. The van der Waals surface area contributed by atoms with E-state index < -0.39 is 0 Å². The van der Waals surface area contributed by atoms with Crippen LogP contribution in [-0.4, -0.2) is 5.91 Å². The van der Waals surface area contributed by atoms with E-state index in [1.165, 1.54) is 0 Å². The molecule has 0 atom stereocenters. The van der Waals surface area contributed by atoms with Gasteiger partial charge in [-0.2, -0.15) is 0 Å². The van der Waals surface area contributed by atoms with E-state index in [1.807, 2.05) is 41.8 Å². The molecule has 0 aromatic heterocycles. The summed E-state index contributed by atoms with van der Waals surface area (Å²) < 4.78 is 0. The summed E-state index contributed by atoms with van der Waals surface area (Å²) >= 11 is 5.54. The fraction of sp³-hybridized carbons (Fsp3) is 0. The summed E-state index contributed by atoms with van der Waals surface area (Å²) in [5, 5.41) is 0.794. The molecule has 0 heterocycles. The van der Waals surface area contributed by atoms with Crippen molar-refractivity contribution in [3.63, 3.8) is 0 Å². The summed E-state index contributed by atoms with van der Waals surface area (Å²) in [5.41, 5.74) is 2.62. The first-order valence-electron chi connectivity index (χ1n) is 5.00. The number of nitrogen functional groups attached to an aromatic ring is 1. The van der Waals surface area contributed by atoms with Gasteiger partial charge in [-0.15, -0.1) is 0 Å². The number of halogens is 1. The first-order chi connectivity index (χ1) is 8.24. The van der Waals surface area contributed by atoms with Gasteiger partial charge in [-0.05, 0) is 24.3 Å². The lowest BCUT2D eigenvalue weighted by molar-refractivity contribution is 0.0953. The molecule has 0 fully saturated rings. The van der Waals surface area contributed by atoms with Gasteiger partial charge in [0.1, 0.15) is 0 Å². The molecular weight excluding hydrogens is 236 g/mol. The number of rotatable bonds is 1. The van der Waals surface area contributed by atoms with Crippen LogP contribution in [0.1, 0.15) is 10.4 Å². The van der Waals surface area contributed by atoms with E-state index in [4.69, 9.17) is 17.4 Å². The van der Waals surface area contributed by atoms with Gasteiger partial charge in [0.05, 0.1) is 0 Å². The van der Waals surface area contributed by atoms with E-state index in [0.29, 0.717) is 5.56 Å². The van der Waals surface area contributed by atoms with Crippen molar-refractivity contribution in [2.45, 2.75) is 0 Å².